The van der Waals surface area contributed by atoms with Crippen molar-refractivity contribution in [2.75, 3.05) is 0 Å². The largest absolute Gasteiger partial charge is 0.463 e. The number of aromatic nitrogens is 3. The highest BCUT2D eigenvalue weighted by Crippen LogP contribution is 2.35. The molecule has 9 heteroatoms. The van der Waals surface area contributed by atoms with E-state index in [0.717, 1.165) is 4.88 Å². The first-order chi connectivity index (χ1) is 13.7. The number of nitrogens with zero attached hydrogens (tertiary/aromatic N) is 5. The fourth-order valence-corrected chi connectivity index (χ4v) is 4.12. The van der Waals surface area contributed by atoms with Crippen molar-refractivity contribution in [2.45, 2.75) is 19.0 Å². The Morgan fingerprint density at radius 2 is 2.14 bits per heavy atom. The number of furan rings is 1. The van der Waals surface area contributed by atoms with Crippen LogP contribution >= 0.6 is 11.3 Å². The molecule has 0 fully saturated rings. The number of rotatable bonds is 4. The molecule has 0 saturated heterocycles. The molecule has 0 N–H and O–H groups in total. The van der Waals surface area contributed by atoms with E-state index in [9.17, 15) is 9.59 Å². The van der Waals surface area contributed by atoms with Gasteiger partial charge in [-0.1, -0.05) is 12.1 Å². The van der Waals surface area contributed by atoms with Crippen LogP contribution in [0.1, 0.15) is 23.1 Å². The second-order valence-corrected chi connectivity index (χ2v) is 7.35. The summed E-state index contributed by atoms with van der Waals surface area (Å²) >= 11 is 1.57. The van der Waals surface area contributed by atoms with Crippen molar-refractivity contribution in [1.29, 1.82) is 0 Å². The molecule has 0 saturated carbocycles. The molecular weight excluding hydrogens is 378 g/mol. The van der Waals surface area contributed by atoms with Crippen molar-refractivity contribution < 1.29 is 9.21 Å². The van der Waals surface area contributed by atoms with Crippen LogP contribution in [0, 0.1) is 0 Å². The third kappa shape index (κ3) is 2.76. The van der Waals surface area contributed by atoms with E-state index in [1.54, 1.807) is 48.1 Å². The maximum atomic E-state index is 13.0. The van der Waals surface area contributed by atoms with Gasteiger partial charge in [0.05, 0.1) is 12.3 Å². The molecule has 28 heavy (non-hydrogen) atoms. The van der Waals surface area contributed by atoms with Crippen LogP contribution in [0.15, 0.2) is 74.6 Å². The number of hydrogen-bond acceptors (Lipinski definition) is 6. The lowest BCUT2D eigenvalue weighted by atomic mass is 10.1. The van der Waals surface area contributed by atoms with Crippen LogP contribution in [-0.2, 0) is 11.3 Å². The second kappa shape index (κ2) is 6.61. The monoisotopic (exact) mass is 393 g/mol. The standard InChI is InChI=1S/C19H15N5O3S/c25-18(12-23-19(26)22-8-2-1-7-17(22)21-23)24-14(16-6-4-10-28-16)11-13(20-24)15-5-3-9-27-15/h1-10,14H,11-12H2. The molecule has 5 rings (SSSR count). The summed E-state index contributed by atoms with van der Waals surface area (Å²) in [5.41, 5.74) is 0.849. The molecule has 5 heterocycles. The van der Waals surface area contributed by atoms with Gasteiger partial charge in [0.1, 0.15) is 18.0 Å². The summed E-state index contributed by atoms with van der Waals surface area (Å²) in [4.78, 5) is 26.6. The van der Waals surface area contributed by atoms with Gasteiger partial charge in [0, 0.05) is 17.5 Å². The lowest BCUT2D eigenvalue weighted by Gasteiger charge is -2.20. The van der Waals surface area contributed by atoms with Crippen LogP contribution in [0.4, 0.5) is 0 Å². The molecule has 4 aromatic heterocycles. The molecule has 1 aliphatic rings. The predicted octanol–water partition coefficient (Wildman–Crippen LogP) is 2.53. The number of fused-ring (bicyclic) bond motifs is 1. The summed E-state index contributed by atoms with van der Waals surface area (Å²) < 4.78 is 8.03. The van der Waals surface area contributed by atoms with Gasteiger partial charge in [0.15, 0.2) is 5.65 Å². The van der Waals surface area contributed by atoms with Crippen molar-refractivity contribution in [3.63, 3.8) is 0 Å². The molecule has 1 amide bonds. The van der Waals surface area contributed by atoms with Crippen molar-refractivity contribution in [2.24, 2.45) is 5.10 Å². The summed E-state index contributed by atoms with van der Waals surface area (Å²) in [6.07, 6.45) is 3.77. The van der Waals surface area contributed by atoms with Gasteiger partial charge in [0.25, 0.3) is 5.91 Å². The van der Waals surface area contributed by atoms with Gasteiger partial charge in [-0.2, -0.15) is 5.10 Å². The topological polar surface area (TPSA) is 85.1 Å². The zero-order valence-electron chi connectivity index (χ0n) is 14.6. The van der Waals surface area contributed by atoms with E-state index < -0.39 is 0 Å². The Labute approximate surface area is 162 Å². The van der Waals surface area contributed by atoms with E-state index in [1.165, 1.54) is 14.1 Å². The van der Waals surface area contributed by atoms with E-state index in [0.29, 0.717) is 23.5 Å². The Kier molecular flexibility index (Phi) is 3.94. The van der Waals surface area contributed by atoms with Crippen LogP contribution < -0.4 is 5.69 Å². The smallest absolute Gasteiger partial charge is 0.350 e. The van der Waals surface area contributed by atoms with E-state index >= 15 is 0 Å². The Hall–Kier alpha value is -3.46. The quantitative estimate of drug-likeness (QED) is 0.533. The van der Waals surface area contributed by atoms with Crippen molar-refractivity contribution in [3.05, 3.63) is 81.4 Å². The summed E-state index contributed by atoms with van der Waals surface area (Å²) in [5, 5.41) is 12.2. The molecule has 0 bridgehead atoms. The van der Waals surface area contributed by atoms with E-state index in [1.807, 2.05) is 23.6 Å². The van der Waals surface area contributed by atoms with Crippen molar-refractivity contribution in [1.82, 2.24) is 19.2 Å². The van der Waals surface area contributed by atoms with Crippen molar-refractivity contribution >= 4 is 28.6 Å². The van der Waals surface area contributed by atoms with Crippen LogP contribution in [0.25, 0.3) is 5.65 Å². The number of hydrogen-bond donors (Lipinski definition) is 0. The zero-order chi connectivity index (χ0) is 19.1. The minimum Gasteiger partial charge on any atom is -0.463 e. The SMILES string of the molecule is O=C(Cn1nc2ccccn2c1=O)N1N=C(c2ccco2)CC1c1cccs1. The van der Waals surface area contributed by atoms with Gasteiger partial charge in [-0.25, -0.2) is 14.5 Å². The Morgan fingerprint density at radius 1 is 1.21 bits per heavy atom. The first-order valence-corrected chi connectivity index (χ1v) is 9.60. The van der Waals surface area contributed by atoms with Gasteiger partial charge in [-0.15, -0.1) is 16.4 Å². The molecule has 0 aliphatic carbocycles. The number of hydrazone groups is 1. The van der Waals surface area contributed by atoms with Gasteiger partial charge in [-0.05, 0) is 35.7 Å². The number of carbonyl (C=O) groups is 1. The Morgan fingerprint density at radius 3 is 2.89 bits per heavy atom. The minimum absolute atomic E-state index is 0.183. The van der Waals surface area contributed by atoms with E-state index in [2.05, 4.69) is 10.2 Å². The van der Waals surface area contributed by atoms with Gasteiger partial charge in [0.2, 0.25) is 0 Å². The maximum absolute atomic E-state index is 13.0. The van der Waals surface area contributed by atoms with Gasteiger partial charge < -0.3 is 4.42 Å². The molecule has 0 radical (unpaired) electrons. The highest BCUT2D eigenvalue weighted by molar-refractivity contribution is 7.10. The lowest BCUT2D eigenvalue weighted by molar-refractivity contribution is -0.133. The summed E-state index contributed by atoms with van der Waals surface area (Å²) in [5.74, 6) is 0.340. The molecule has 0 aromatic carbocycles. The summed E-state index contributed by atoms with van der Waals surface area (Å²) in [7, 11) is 0. The number of carbonyl (C=O) groups excluding carboxylic acids is 1. The van der Waals surface area contributed by atoms with Crippen LogP contribution in [0.5, 0.6) is 0 Å². The van der Waals surface area contributed by atoms with Crippen LogP contribution in [0.2, 0.25) is 0 Å². The molecular formula is C19H15N5O3S. The summed E-state index contributed by atoms with van der Waals surface area (Å²) in [6.45, 7) is -0.183. The number of amides is 1. The molecule has 4 aromatic rings. The Bertz CT molecular complexity index is 1220. The molecule has 1 aliphatic heterocycles. The Balaban J connectivity index is 1.48. The first-order valence-electron chi connectivity index (χ1n) is 8.72. The number of pyridine rings is 1. The van der Waals surface area contributed by atoms with E-state index in [-0.39, 0.29) is 24.2 Å². The highest BCUT2D eigenvalue weighted by Gasteiger charge is 2.35. The molecule has 1 atom stereocenters. The normalized spacial score (nSPS) is 16.6. The first kappa shape index (κ1) is 16.7. The summed E-state index contributed by atoms with van der Waals surface area (Å²) in [6, 6.07) is 12.6. The van der Waals surface area contributed by atoms with Gasteiger partial charge in [-0.3, -0.25) is 9.20 Å². The number of thiophene rings is 1. The predicted molar refractivity (Wildman–Crippen MR) is 103 cm³/mol. The van der Waals surface area contributed by atoms with Crippen LogP contribution in [0.3, 0.4) is 0 Å². The molecule has 140 valence electrons. The molecule has 0 spiro atoms. The van der Waals surface area contributed by atoms with Crippen molar-refractivity contribution in [3.8, 4) is 0 Å². The minimum atomic E-state index is -0.356. The fraction of sp³-hybridized carbons (Fsp3) is 0.158. The van der Waals surface area contributed by atoms with Crippen LogP contribution in [-0.4, -0.2) is 30.8 Å². The average Bonchev–Trinajstić information content (AvgIpc) is 3.49. The zero-order valence-corrected chi connectivity index (χ0v) is 15.5. The average molecular weight is 393 g/mol. The third-order valence-electron chi connectivity index (χ3n) is 4.62. The maximum Gasteiger partial charge on any atom is 0.350 e. The highest BCUT2D eigenvalue weighted by atomic mass is 32.1. The third-order valence-corrected chi connectivity index (χ3v) is 5.59. The van der Waals surface area contributed by atoms with E-state index in [4.69, 9.17) is 4.42 Å². The second-order valence-electron chi connectivity index (χ2n) is 6.37. The molecule has 8 nitrogen and oxygen atoms in total. The lowest BCUT2D eigenvalue weighted by Crippen LogP contribution is -2.34. The molecule has 1 unspecified atom stereocenters. The van der Waals surface area contributed by atoms with Gasteiger partial charge >= 0.3 is 5.69 Å². The fourth-order valence-electron chi connectivity index (χ4n) is 3.31.